The summed E-state index contributed by atoms with van der Waals surface area (Å²) in [5.41, 5.74) is 1.59. The van der Waals surface area contributed by atoms with Crippen LogP contribution >= 0.6 is 0 Å². The fraction of sp³-hybridized carbons (Fsp3) is 0.500. The normalized spacial score (nSPS) is 10.6. The number of benzene rings is 1. The summed E-state index contributed by atoms with van der Waals surface area (Å²) in [6, 6.07) is 3.76. The molecule has 0 bridgehead atoms. The highest BCUT2D eigenvalue weighted by atomic mass is 16.5. The van der Waals surface area contributed by atoms with Crippen LogP contribution in [0, 0.1) is 0 Å². The van der Waals surface area contributed by atoms with Gasteiger partial charge in [-0.3, -0.25) is 4.79 Å². The first-order valence-electron chi connectivity index (χ1n) is 5.99. The Morgan fingerprint density at radius 2 is 1.94 bits per heavy atom. The molecule has 0 aliphatic rings. The lowest BCUT2D eigenvalue weighted by atomic mass is 9.93. The van der Waals surface area contributed by atoms with Gasteiger partial charge in [0.25, 0.3) is 0 Å². The first-order chi connectivity index (χ1) is 8.56. The molecule has 0 fully saturated rings. The van der Waals surface area contributed by atoms with Crippen molar-refractivity contribution in [1.29, 1.82) is 0 Å². The van der Waals surface area contributed by atoms with Crippen LogP contribution in [0.3, 0.4) is 0 Å². The van der Waals surface area contributed by atoms with E-state index in [1.165, 1.54) is 0 Å². The number of likely N-dealkylation sites (N-methyl/N-ethyl adjacent to an activating group) is 1. The molecule has 0 saturated carbocycles. The van der Waals surface area contributed by atoms with Crippen molar-refractivity contribution in [3.63, 3.8) is 0 Å². The van der Waals surface area contributed by atoms with E-state index in [1.54, 1.807) is 21.3 Å². The Morgan fingerprint density at radius 3 is 2.39 bits per heavy atom. The van der Waals surface area contributed by atoms with Crippen molar-refractivity contribution in [2.24, 2.45) is 0 Å². The molecule has 0 aromatic heterocycles. The van der Waals surface area contributed by atoms with Crippen LogP contribution in [0.15, 0.2) is 12.1 Å². The Morgan fingerprint density at radius 1 is 1.28 bits per heavy atom. The highest BCUT2D eigenvalue weighted by Crippen LogP contribution is 2.36. The van der Waals surface area contributed by atoms with E-state index in [0.717, 1.165) is 5.56 Å². The second kappa shape index (κ2) is 6.40. The van der Waals surface area contributed by atoms with Gasteiger partial charge in [0.2, 0.25) is 0 Å². The molecular weight excluding hydrogens is 230 g/mol. The highest BCUT2D eigenvalue weighted by molar-refractivity contribution is 6.02. The van der Waals surface area contributed by atoms with Gasteiger partial charge < -0.3 is 14.8 Å². The molecule has 18 heavy (non-hydrogen) atoms. The van der Waals surface area contributed by atoms with Crippen LogP contribution in [-0.4, -0.2) is 33.6 Å². The van der Waals surface area contributed by atoms with Gasteiger partial charge in [-0.15, -0.1) is 0 Å². The van der Waals surface area contributed by atoms with Crippen molar-refractivity contribution in [3.05, 3.63) is 23.3 Å². The first kappa shape index (κ1) is 14.5. The largest absolute Gasteiger partial charge is 0.493 e. The molecule has 1 N–H and O–H groups in total. The summed E-state index contributed by atoms with van der Waals surface area (Å²) in [6.07, 6.45) is 0. The Kier molecular flexibility index (Phi) is 5.16. The van der Waals surface area contributed by atoms with Gasteiger partial charge in [0.05, 0.1) is 26.3 Å². The Hall–Kier alpha value is -1.55. The molecule has 4 nitrogen and oxygen atoms in total. The molecule has 0 aliphatic carbocycles. The van der Waals surface area contributed by atoms with Gasteiger partial charge in [-0.05, 0) is 24.6 Å². The van der Waals surface area contributed by atoms with Crippen LogP contribution in [0.25, 0.3) is 0 Å². The van der Waals surface area contributed by atoms with Crippen LogP contribution in [0.1, 0.15) is 35.7 Å². The quantitative estimate of drug-likeness (QED) is 0.788. The van der Waals surface area contributed by atoms with Gasteiger partial charge in [-0.2, -0.15) is 0 Å². The predicted octanol–water partition coefficient (Wildman–Crippen LogP) is 2.23. The maximum atomic E-state index is 12.2. The number of rotatable bonds is 6. The smallest absolute Gasteiger partial charge is 0.180 e. The Labute approximate surface area is 108 Å². The molecule has 1 aromatic carbocycles. The number of hydrogen-bond acceptors (Lipinski definition) is 4. The van der Waals surface area contributed by atoms with Gasteiger partial charge in [0.1, 0.15) is 0 Å². The third-order valence-corrected chi connectivity index (χ3v) is 2.82. The van der Waals surface area contributed by atoms with E-state index in [-0.39, 0.29) is 18.2 Å². The van der Waals surface area contributed by atoms with Gasteiger partial charge in [-0.1, -0.05) is 19.9 Å². The predicted molar refractivity (Wildman–Crippen MR) is 71.9 cm³/mol. The van der Waals surface area contributed by atoms with E-state index in [4.69, 9.17) is 9.47 Å². The zero-order valence-electron chi connectivity index (χ0n) is 11.7. The van der Waals surface area contributed by atoms with E-state index in [2.05, 4.69) is 19.2 Å². The van der Waals surface area contributed by atoms with E-state index in [0.29, 0.717) is 17.1 Å². The second-order valence-corrected chi connectivity index (χ2v) is 4.37. The van der Waals surface area contributed by atoms with Crippen LogP contribution in [-0.2, 0) is 0 Å². The van der Waals surface area contributed by atoms with Crippen LogP contribution in [0.5, 0.6) is 11.5 Å². The SMILES string of the molecule is CNCC(=O)c1c(C(C)C)ccc(OC)c1OC. The van der Waals surface area contributed by atoms with Gasteiger partial charge >= 0.3 is 0 Å². The monoisotopic (exact) mass is 251 g/mol. The minimum absolute atomic E-state index is 0.0111. The minimum Gasteiger partial charge on any atom is -0.493 e. The highest BCUT2D eigenvalue weighted by Gasteiger charge is 2.21. The van der Waals surface area contributed by atoms with E-state index >= 15 is 0 Å². The molecule has 0 aliphatic heterocycles. The molecule has 0 atom stereocenters. The Bertz CT molecular complexity index is 427. The molecule has 4 heteroatoms. The minimum atomic E-state index is 0.0111. The molecule has 0 heterocycles. The summed E-state index contributed by atoms with van der Waals surface area (Å²) in [5.74, 6) is 1.36. The zero-order chi connectivity index (χ0) is 13.7. The summed E-state index contributed by atoms with van der Waals surface area (Å²) in [5, 5.41) is 2.87. The summed E-state index contributed by atoms with van der Waals surface area (Å²) in [6.45, 7) is 4.39. The number of ketones is 1. The Balaban J connectivity index is 3.43. The summed E-state index contributed by atoms with van der Waals surface area (Å²) in [4.78, 5) is 12.2. The lowest BCUT2D eigenvalue weighted by Crippen LogP contribution is -2.21. The summed E-state index contributed by atoms with van der Waals surface area (Å²) < 4.78 is 10.6. The van der Waals surface area contributed by atoms with Crippen molar-refractivity contribution in [2.45, 2.75) is 19.8 Å². The van der Waals surface area contributed by atoms with Crippen LogP contribution < -0.4 is 14.8 Å². The topological polar surface area (TPSA) is 47.6 Å². The van der Waals surface area contributed by atoms with E-state index in [9.17, 15) is 4.79 Å². The molecule has 0 spiro atoms. The van der Waals surface area contributed by atoms with E-state index in [1.807, 2.05) is 12.1 Å². The van der Waals surface area contributed by atoms with Crippen molar-refractivity contribution >= 4 is 5.78 Å². The lowest BCUT2D eigenvalue weighted by Gasteiger charge is -2.18. The fourth-order valence-corrected chi connectivity index (χ4v) is 1.96. The average Bonchev–Trinajstić information content (AvgIpc) is 2.36. The number of carbonyl (C=O) groups excluding carboxylic acids is 1. The number of carbonyl (C=O) groups is 1. The van der Waals surface area contributed by atoms with Crippen molar-refractivity contribution in [2.75, 3.05) is 27.8 Å². The molecule has 0 unspecified atom stereocenters. The molecule has 0 amide bonds. The molecule has 100 valence electrons. The van der Waals surface area contributed by atoms with Gasteiger partial charge in [0, 0.05) is 0 Å². The van der Waals surface area contributed by atoms with Gasteiger partial charge in [-0.25, -0.2) is 0 Å². The van der Waals surface area contributed by atoms with Crippen molar-refractivity contribution in [1.82, 2.24) is 5.32 Å². The number of methoxy groups -OCH3 is 2. The van der Waals surface area contributed by atoms with Crippen molar-refractivity contribution < 1.29 is 14.3 Å². The second-order valence-electron chi connectivity index (χ2n) is 4.37. The molecule has 0 radical (unpaired) electrons. The number of Topliss-reactive ketones (excluding diaryl/α,β-unsaturated/α-hetero) is 1. The van der Waals surface area contributed by atoms with Crippen LogP contribution in [0.2, 0.25) is 0 Å². The fourth-order valence-electron chi connectivity index (χ4n) is 1.96. The average molecular weight is 251 g/mol. The molecule has 1 rings (SSSR count). The molecule has 0 saturated heterocycles. The maximum absolute atomic E-state index is 12.2. The number of ether oxygens (including phenoxy) is 2. The first-order valence-corrected chi connectivity index (χ1v) is 5.99. The summed E-state index contributed by atoms with van der Waals surface area (Å²) in [7, 11) is 4.87. The zero-order valence-corrected chi connectivity index (χ0v) is 11.7. The summed E-state index contributed by atoms with van der Waals surface area (Å²) >= 11 is 0. The number of hydrogen-bond donors (Lipinski definition) is 1. The maximum Gasteiger partial charge on any atom is 0.180 e. The van der Waals surface area contributed by atoms with Crippen LogP contribution in [0.4, 0.5) is 0 Å². The van der Waals surface area contributed by atoms with Crippen molar-refractivity contribution in [3.8, 4) is 11.5 Å². The van der Waals surface area contributed by atoms with Gasteiger partial charge in [0.15, 0.2) is 17.3 Å². The third kappa shape index (κ3) is 2.82. The lowest BCUT2D eigenvalue weighted by molar-refractivity contribution is 0.0988. The molecular formula is C14H21NO3. The molecule has 1 aromatic rings. The van der Waals surface area contributed by atoms with E-state index < -0.39 is 0 Å². The number of nitrogens with one attached hydrogen (secondary N) is 1. The third-order valence-electron chi connectivity index (χ3n) is 2.82. The standard InChI is InChI=1S/C14H21NO3/c1-9(2)10-6-7-12(17-4)14(18-5)13(10)11(16)8-15-3/h6-7,9,15H,8H2,1-5H3.